The zero-order chi connectivity index (χ0) is 11.4. The van der Waals surface area contributed by atoms with E-state index in [1.165, 1.54) is 0 Å². The van der Waals surface area contributed by atoms with Gasteiger partial charge in [0.2, 0.25) is 5.91 Å². The van der Waals surface area contributed by atoms with Gasteiger partial charge in [0, 0.05) is 18.4 Å². The summed E-state index contributed by atoms with van der Waals surface area (Å²) in [5, 5.41) is 2.85. The molecule has 0 unspecified atom stereocenters. The highest BCUT2D eigenvalue weighted by Gasteiger charge is 2.06. The molecule has 0 aliphatic heterocycles. The second-order valence-corrected chi connectivity index (χ2v) is 4.41. The van der Waals surface area contributed by atoms with Gasteiger partial charge in [-0.3, -0.25) is 4.79 Å². The van der Waals surface area contributed by atoms with Gasteiger partial charge in [-0.2, -0.15) is 0 Å². The second kappa shape index (κ2) is 5.11. The van der Waals surface area contributed by atoms with Crippen LogP contribution in [0.4, 0.5) is 0 Å². The number of rotatable bonds is 4. The Kier molecular flexibility index (Phi) is 4.08. The summed E-state index contributed by atoms with van der Waals surface area (Å²) in [5.74, 6) is 0.469. The number of nitrogens with zero attached hydrogens (tertiary/aromatic N) is 1. The lowest BCUT2D eigenvalue weighted by atomic mass is 10.2. The molecule has 1 aromatic heterocycles. The lowest BCUT2D eigenvalue weighted by Crippen LogP contribution is -2.30. The van der Waals surface area contributed by atoms with Crippen molar-refractivity contribution in [3.63, 3.8) is 0 Å². The molecule has 0 aromatic carbocycles. The maximum Gasteiger partial charge on any atom is 0.240 e. The maximum atomic E-state index is 11.5. The van der Waals surface area contributed by atoms with Crippen LogP contribution in [0.15, 0.2) is 6.20 Å². The monoisotopic (exact) mass is 227 g/mol. The molecule has 1 heterocycles. The molecular formula is C10H17N3OS. The Morgan fingerprint density at radius 3 is 2.80 bits per heavy atom. The summed E-state index contributed by atoms with van der Waals surface area (Å²) in [4.78, 5) is 14.4. The number of hydrogen-bond acceptors (Lipinski definition) is 2. The molecule has 0 aliphatic carbocycles. The number of amides is 1. The number of carbonyl (C=O) groups excluding carboxylic acids is 1. The first kappa shape index (κ1) is 12.0. The molecule has 84 valence electrons. The number of hydrogen-bond donors (Lipinski definition) is 2. The van der Waals surface area contributed by atoms with Crippen LogP contribution < -0.4 is 5.32 Å². The van der Waals surface area contributed by atoms with Crippen molar-refractivity contribution in [2.24, 2.45) is 5.92 Å². The number of nitrogens with one attached hydrogen (secondary N) is 2. The van der Waals surface area contributed by atoms with Crippen LogP contribution in [-0.2, 0) is 11.3 Å². The number of aromatic amines is 1. The molecule has 15 heavy (non-hydrogen) atoms. The van der Waals surface area contributed by atoms with E-state index in [2.05, 4.69) is 24.1 Å². The number of carbonyl (C=O) groups is 1. The average Bonchev–Trinajstić information content (AvgIpc) is 2.46. The predicted molar refractivity (Wildman–Crippen MR) is 62.2 cm³/mol. The van der Waals surface area contributed by atoms with Gasteiger partial charge in [0.15, 0.2) is 4.77 Å². The minimum Gasteiger partial charge on any atom is -0.354 e. The lowest BCUT2D eigenvalue weighted by Gasteiger charge is -2.08. The highest BCUT2D eigenvalue weighted by Crippen LogP contribution is 1.99. The van der Waals surface area contributed by atoms with Gasteiger partial charge in [-0.25, -0.2) is 0 Å². The molecule has 0 saturated heterocycles. The predicted octanol–water partition coefficient (Wildman–Crippen LogP) is 1.63. The van der Waals surface area contributed by atoms with E-state index in [0.29, 0.717) is 23.8 Å². The highest BCUT2D eigenvalue weighted by molar-refractivity contribution is 7.71. The summed E-state index contributed by atoms with van der Waals surface area (Å²) >= 11 is 5.05. The molecule has 0 aliphatic rings. The molecule has 0 spiro atoms. The zero-order valence-corrected chi connectivity index (χ0v) is 10.1. The third kappa shape index (κ3) is 3.51. The van der Waals surface area contributed by atoms with Crippen molar-refractivity contribution in [1.82, 2.24) is 14.9 Å². The summed E-state index contributed by atoms with van der Waals surface area (Å²) in [7, 11) is 0. The molecule has 0 radical (unpaired) electrons. The van der Waals surface area contributed by atoms with Gasteiger partial charge in [-0.15, -0.1) is 0 Å². The van der Waals surface area contributed by atoms with E-state index in [4.69, 9.17) is 12.2 Å². The van der Waals surface area contributed by atoms with E-state index in [-0.39, 0.29) is 5.91 Å². The standard InChI is InChI=1S/C10H17N3OS/c1-7(2)4-11-9(14)6-13-8(3)5-12-10(13)15/h5,7H,4,6H2,1-3H3,(H,11,14)(H,12,15). The molecule has 1 aromatic rings. The molecule has 2 N–H and O–H groups in total. The van der Waals surface area contributed by atoms with Gasteiger partial charge in [-0.1, -0.05) is 13.8 Å². The van der Waals surface area contributed by atoms with Crippen LogP contribution in [-0.4, -0.2) is 22.0 Å². The molecule has 0 bridgehead atoms. The third-order valence-corrected chi connectivity index (χ3v) is 2.42. The lowest BCUT2D eigenvalue weighted by molar-refractivity contribution is -0.121. The third-order valence-electron chi connectivity index (χ3n) is 2.08. The quantitative estimate of drug-likeness (QED) is 0.768. The second-order valence-electron chi connectivity index (χ2n) is 4.02. The zero-order valence-electron chi connectivity index (χ0n) is 9.33. The Bertz CT molecular complexity index is 392. The fraction of sp³-hybridized carbons (Fsp3) is 0.600. The van der Waals surface area contributed by atoms with Crippen molar-refractivity contribution in [2.45, 2.75) is 27.3 Å². The molecule has 1 amide bonds. The number of aryl methyl sites for hydroxylation is 1. The van der Waals surface area contributed by atoms with E-state index in [1.54, 1.807) is 10.8 Å². The van der Waals surface area contributed by atoms with Gasteiger partial charge in [-0.05, 0) is 25.1 Å². The number of imidazole rings is 1. The van der Waals surface area contributed by atoms with Crippen molar-refractivity contribution in [3.8, 4) is 0 Å². The van der Waals surface area contributed by atoms with Crippen LogP contribution in [0, 0.1) is 17.6 Å². The number of H-pyrrole nitrogens is 1. The Hall–Kier alpha value is -1.10. The Labute approximate surface area is 94.7 Å². The van der Waals surface area contributed by atoms with Gasteiger partial charge in [0.25, 0.3) is 0 Å². The van der Waals surface area contributed by atoms with Crippen molar-refractivity contribution in [2.75, 3.05) is 6.54 Å². The van der Waals surface area contributed by atoms with Crippen LogP contribution in [0.5, 0.6) is 0 Å². The maximum absolute atomic E-state index is 11.5. The first-order valence-corrected chi connectivity index (χ1v) is 5.43. The average molecular weight is 227 g/mol. The highest BCUT2D eigenvalue weighted by atomic mass is 32.1. The first-order valence-electron chi connectivity index (χ1n) is 5.02. The van der Waals surface area contributed by atoms with E-state index < -0.39 is 0 Å². The van der Waals surface area contributed by atoms with Crippen LogP contribution in [0.2, 0.25) is 0 Å². The van der Waals surface area contributed by atoms with E-state index in [0.717, 1.165) is 5.69 Å². The smallest absolute Gasteiger partial charge is 0.240 e. The van der Waals surface area contributed by atoms with Crippen LogP contribution >= 0.6 is 12.2 Å². The molecular weight excluding hydrogens is 210 g/mol. The van der Waals surface area contributed by atoms with Crippen LogP contribution in [0.25, 0.3) is 0 Å². The summed E-state index contributed by atoms with van der Waals surface area (Å²) in [6, 6.07) is 0. The Morgan fingerprint density at radius 1 is 1.67 bits per heavy atom. The van der Waals surface area contributed by atoms with E-state index >= 15 is 0 Å². The normalized spacial score (nSPS) is 10.7. The molecule has 0 saturated carbocycles. The van der Waals surface area contributed by atoms with Crippen molar-refractivity contribution in [3.05, 3.63) is 16.7 Å². The Morgan fingerprint density at radius 2 is 2.33 bits per heavy atom. The van der Waals surface area contributed by atoms with Crippen molar-refractivity contribution in [1.29, 1.82) is 0 Å². The summed E-state index contributed by atoms with van der Waals surface area (Å²) < 4.78 is 2.37. The first-order chi connectivity index (χ1) is 7.00. The van der Waals surface area contributed by atoms with Gasteiger partial charge in [0.05, 0.1) is 0 Å². The fourth-order valence-corrected chi connectivity index (χ4v) is 1.46. The molecule has 0 atom stereocenters. The SMILES string of the molecule is Cc1c[nH]c(=S)n1CC(=O)NCC(C)C. The van der Waals surface area contributed by atoms with Gasteiger partial charge >= 0.3 is 0 Å². The van der Waals surface area contributed by atoms with Gasteiger partial charge in [0.1, 0.15) is 6.54 Å². The minimum atomic E-state index is 0.00231. The molecule has 1 rings (SSSR count). The number of aromatic nitrogens is 2. The summed E-state index contributed by atoms with van der Waals surface area (Å²) in [6.07, 6.45) is 1.80. The van der Waals surface area contributed by atoms with Crippen LogP contribution in [0.1, 0.15) is 19.5 Å². The minimum absolute atomic E-state index is 0.00231. The summed E-state index contributed by atoms with van der Waals surface area (Å²) in [6.45, 7) is 7.04. The van der Waals surface area contributed by atoms with E-state index in [1.807, 2.05) is 6.92 Å². The largest absolute Gasteiger partial charge is 0.354 e. The molecule has 5 heteroatoms. The van der Waals surface area contributed by atoms with Crippen molar-refractivity contribution >= 4 is 18.1 Å². The fourth-order valence-electron chi connectivity index (χ4n) is 1.20. The molecule has 0 fully saturated rings. The summed E-state index contributed by atoms with van der Waals surface area (Å²) in [5.41, 5.74) is 0.972. The van der Waals surface area contributed by atoms with Crippen LogP contribution in [0.3, 0.4) is 0 Å². The molecule has 4 nitrogen and oxygen atoms in total. The topological polar surface area (TPSA) is 49.8 Å². The van der Waals surface area contributed by atoms with E-state index in [9.17, 15) is 4.79 Å². The Balaban J connectivity index is 2.55. The van der Waals surface area contributed by atoms with Gasteiger partial charge < -0.3 is 14.9 Å². The van der Waals surface area contributed by atoms with Crippen molar-refractivity contribution < 1.29 is 4.79 Å².